The van der Waals surface area contributed by atoms with Crippen molar-refractivity contribution in [2.45, 2.75) is 11.4 Å². The van der Waals surface area contributed by atoms with Crippen LogP contribution in [0.5, 0.6) is 5.75 Å². The number of sulfonamides is 1. The Kier molecular flexibility index (Phi) is 5.19. The smallest absolute Gasteiger partial charge is 0.312 e. The van der Waals surface area contributed by atoms with Gasteiger partial charge in [0.15, 0.2) is 5.75 Å². The predicted octanol–water partition coefficient (Wildman–Crippen LogP) is 2.27. The Morgan fingerprint density at radius 1 is 1.22 bits per heavy atom. The largest absolute Gasteiger partial charge is 0.490 e. The molecule has 0 aliphatic heterocycles. The van der Waals surface area contributed by atoms with Gasteiger partial charge >= 0.3 is 5.69 Å². The standard InChI is InChI=1S/C17H16N4O5S/c1-26-17-8-7-15(9-16(17)21(22)23)27(24,25)19-11-13-10-18-20(12-13)14-5-3-2-4-6-14/h2-10,12,19H,11H2,1H3. The number of ether oxygens (including phenoxy) is 1. The third-order valence-electron chi connectivity index (χ3n) is 3.78. The van der Waals surface area contributed by atoms with E-state index in [4.69, 9.17) is 4.74 Å². The van der Waals surface area contributed by atoms with Crippen molar-refractivity contribution in [2.24, 2.45) is 0 Å². The van der Waals surface area contributed by atoms with E-state index in [9.17, 15) is 18.5 Å². The van der Waals surface area contributed by atoms with Crippen LogP contribution in [0.4, 0.5) is 5.69 Å². The van der Waals surface area contributed by atoms with E-state index in [1.165, 1.54) is 19.2 Å². The van der Waals surface area contributed by atoms with Crippen LogP contribution < -0.4 is 9.46 Å². The quantitative estimate of drug-likeness (QED) is 0.490. The molecule has 0 aliphatic rings. The lowest BCUT2D eigenvalue weighted by molar-refractivity contribution is -0.386. The highest BCUT2D eigenvalue weighted by atomic mass is 32.2. The van der Waals surface area contributed by atoms with E-state index in [0.717, 1.165) is 11.8 Å². The Bertz CT molecular complexity index is 1060. The van der Waals surface area contributed by atoms with Crippen molar-refractivity contribution in [3.05, 3.63) is 76.6 Å². The highest BCUT2D eigenvalue weighted by Gasteiger charge is 2.22. The number of hydrogen-bond acceptors (Lipinski definition) is 6. The van der Waals surface area contributed by atoms with Crippen molar-refractivity contribution >= 4 is 15.7 Å². The molecular formula is C17H16N4O5S. The first-order valence-corrected chi connectivity index (χ1v) is 9.30. The Balaban J connectivity index is 1.77. The minimum atomic E-state index is -3.94. The van der Waals surface area contributed by atoms with E-state index < -0.39 is 20.6 Å². The zero-order chi connectivity index (χ0) is 19.4. The normalized spacial score (nSPS) is 11.3. The number of nitro benzene ring substituents is 1. The molecule has 0 aliphatic carbocycles. The molecule has 0 atom stereocenters. The zero-order valence-corrected chi connectivity index (χ0v) is 15.1. The fourth-order valence-electron chi connectivity index (χ4n) is 2.41. The Morgan fingerprint density at radius 2 is 1.96 bits per heavy atom. The molecule has 0 radical (unpaired) electrons. The van der Waals surface area contributed by atoms with Crippen molar-refractivity contribution in [3.8, 4) is 11.4 Å². The SMILES string of the molecule is COc1ccc(S(=O)(=O)NCc2cnn(-c3ccccc3)c2)cc1[N+](=O)[O-]. The van der Waals surface area contributed by atoms with Crippen LogP contribution in [0.25, 0.3) is 5.69 Å². The molecule has 0 amide bonds. The van der Waals surface area contributed by atoms with Crippen LogP contribution in [0.15, 0.2) is 65.8 Å². The molecule has 3 aromatic rings. The van der Waals surface area contributed by atoms with Crippen LogP contribution in [0.2, 0.25) is 0 Å². The maximum atomic E-state index is 12.5. The summed E-state index contributed by atoms with van der Waals surface area (Å²) in [5.74, 6) is -0.0110. The number of para-hydroxylation sites is 1. The van der Waals surface area contributed by atoms with Gasteiger partial charge < -0.3 is 4.74 Å². The van der Waals surface area contributed by atoms with E-state index >= 15 is 0 Å². The zero-order valence-electron chi connectivity index (χ0n) is 14.3. The number of rotatable bonds is 7. The van der Waals surface area contributed by atoms with Gasteiger partial charge in [-0.1, -0.05) is 18.2 Å². The minimum Gasteiger partial charge on any atom is -0.490 e. The summed E-state index contributed by atoms with van der Waals surface area (Å²) in [4.78, 5) is 10.2. The van der Waals surface area contributed by atoms with Gasteiger partial charge in [0.25, 0.3) is 0 Å². The van der Waals surface area contributed by atoms with Crippen LogP contribution >= 0.6 is 0 Å². The van der Waals surface area contributed by atoms with Crippen LogP contribution in [-0.4, -0.2) is 30.2 Å². The highest BCUT2D eigenvalue weighted by Crippen LogP contribution is 2.29. The van der Waals surface area contributed by atoms with Gasteiger partial charge in [-0.15, -0.1) is 0 Å². The van der Waals surface area contributed by atoms with Crippen molar-refractivity contribution in [1.82, 2.24) is 14.5 Å². The molecule has 9 nitrogen and oxygen atoms in total. The second-order valence-electron chi connectivity index (χ2n) is 5.54. The topological polar surface area (TPSA) is 116 Å². The molecule has 0 unspecified atom stereocenters. The second kappa shape index (κ2) is 7.56. The molecule has 0 saturated carbocycles. The van der Waals surface area contributed by atoms with Gasteiger partial charge in [0.2, 0.25) is 10.0 Å². The fraction of sp³-hybridized carbons (Fsp3) is 0.118. The first-order valence-electron chi connectivity index (χ1n) is 7.82. The van der Waals surface area contributed by atoms with Crippen LogP contribution in [0.3, 0.4) is 0 Å². The summed E-state index contributed by atoms with van der Waals surface area (Å²) in [6.45, 7) is -0.00497. The lowest BCUT2D eigenvalue weighted by Crippen LogP contribution is -2.23. The van der Waals surface area contributed by atoms with Gasteiger partial charge in [-0.2, -0.15) is 5.10 Å². The lowest BCUT2D eigenvalue weighted by Gasteiger charge is -2.07. The molecular weight excluding hydrogens is 372 g/mol. The highest BCUT2D eigenvalue weighted by molar-refractivity contribution is 7.89. The van der Waals surface area contributed by atoms with Crippen LogP contribution in [0.1, 0.15) is 5.56 Å². The summed E-state index contributed by atoms with van der Waals surface area (Å²) in [7, 11) is -2.66. The van der Waals surface area contributed by atoms with Gasteiger partial charge in [-0.3, -0.25) is 10.1 Å². The average Bonchev–Trinajstić information content (AvgIpc) is 3.16. The minimum absolute atomic E-state index is 0.00497. The summed E-state index contributed by atoms with van der Waals surface area (Å²) < 4.78 is 33.8. The van der Waals surface area contributed by atoms with Crippen LogP contribution in [-0.2, 0) is 16.6 Å². The Hall–Kier alpha value is -3.24. The first-order chi connectivity index (χ1) is 12.9. The third kappa shape index (κ3) is 4.13. The van der Waals surface area contributed by atoms with Crippen molar-refractivity contribution < 1.29 is 18.1 Å². The fourth-order valence-corrected chi connectivity index (χ4v) is 3.45. The Labute approximate surface area is 155 Å². The number of benzene rings is 2. The second-order valence-corrected chi connectivity index (χ2v) is 7.31. The summed E-state index contributed by atoms with van der Waals surface area (Å²) >= 11 is 0. The van der Waals surface area contributed by atoms with Crippen molar-refractivity contribution in [2.75, 3.05) is 7.11 Å². The molecule has 10 heteroatoms. The van der Waals surface area contributed by atoms with Gasteiger partial charge in [0.05, 0.1) is 28.8 Å². The monoisotopic (exact) mass is 388 g/mol. The van der Waals surface area contributed by atoms with E-state index in [0.29, 0.717) is 5.56 Å². The molecule has 0 saturated heterocycles. The van der Waals surface area contributed by atoms with Crippen molar-refractivity contribution in [3.63, 3.8) is 0 Å². The van der Waals surface area contributed by atoms with E-state index in [1.807, 2.05) is 30.3 Å². The molecule has 140 valence electrons. The summed E-state index contributed by atoms with van der Waals surface area (Å²) in [6, 6.07) is 12.8. The molecule has 0 bridgehead atoms. The Morgan fingerprint density at radius 3 is 2.63 bits per heavy atom. The first kappa shape index (κ1) is 18.5. The molecule has 0 fully saturated rings. The van der Waals surface area contributed by atoms with Gasteiger partial charge in [0, 0.05) is 24.4 Å². The maximum Gasteiger partial charge on any atom is 0.312 e. The predicted molar refractivity (Wildman–Crippen MR) is 97.2 cm³/mol. The maximum absolute atomic E-state index is 12.5. The molecule has 3 rings (SSSR count). The van der Waals surface area contributed by atoms with Crippen LogP contribution in [0, 0.1) is 10.1 Å². The van der Waals surface area contributed by atoms with E-state index in [-0.39, 0.29) is 17.2 Å². The summed E-state index contributed by atoms with van der Waals surface area (Å²) in [5, 5.41) is 15.3. The average molecular weight is 388 g/mol. The number of aromatic nitrogens is 2. The molecule has 0 spiro atoms. The van der Waals surface area contributed by atoms with Crippen molar-refractivity contribution in [1.29, 1.82) is 0 Å². The number of methoxy groups -OCH3 is 1. The number of nitrogens with zero attached hydrogens (tertiary/aromatic N) is 3. The number of hydrogen-bond donors (Lipinski definition) is 1. The lowest BCUT2D eigenvalue weighted by atomic mass is 10.3. The molecule has 2 aromatic carbocycles. The number of nitro groups is 1. The molecule has 1 heterocycles. The molecule has 1 aromatic heterocycles. The summed E-state index contributed by atoms with van der Waals surface area (Å²) in [5.41, 5.74) is 1.07. The number of nitrogens with one attached hydrogen (secondary N) is 1. The van der Waals surface area contributed by atoms with Gasteiger partial charge in [-0.25, -0.2) is 17.8 Å². The molecule has 1 N–H and O–H groups in total. The van der Waals surface area contributed by atoms with Gasteiger partial charge in [0.1, 0.15) is 0 Å². The van der Waals surface area contributed by atoms with E-state index in [2.05, 4.69) is 9.82 Å². The summed E-state index contributed by atoms with van der Waals surface area (Å²) in [6.07, 6.45) is 3.25. The molecule has 27 heavy (non-hydrogen) atoms. The third-order valence-corrected chi connectivity index (χ3v) is 5.18. The van der Waals surface area contributed by atoms with Gasteiger partial charge in [-0.05, 0) is 24.3 Å². The van der Waals surface area contributed by atoms with E-state index in [1.54, 1.807) is 17.1 Å².